The first kappa shape index (κ1) is 11.2. The largest absolute Gasteiger partial charge is 0.507 e. The molecule has 0 atom stereocenters. The number of hydrogen-bond donors (Lipinski definition) is 1. The summed E-state index contributed by atoms with van der Waals surface area (Å²) in [6.07, 6.45) is 0. The van der Waals surface area contributed by atoms with E-state index in [0.29, 0.717) is 16.7 Å². The molecular formula is C11H9BrO4. The Hall–Kier alpha value is -1.33. The SMILES string of the molecule is COCc1cc(=O)oc2cc(O)c(Br)cc12. The molecule has 0 aliphatic heterocycles. The predicted molar refractivity (Wildman–Crippen MR) is 62.6 cm³/mol. The maximum atomic E-state index is 11.3. The predicted octanol–water partition coefficient (Wildman–Crippen LogP) is 2.41. The molecule has 2 aromatic rings. The lowest BCUT2D eigenvalue weighted by molar-refractivity contribution is 0.185. The lowest BCUT2D eigenvalue weighted by atomic mass is 10.1. The maximum absolute atomic E-state index is 11.3. The van der Waals surface area contributed by atoms with Crippen molar-refractivity contribution < 1.29 is 14.3 Å². The van der Waals surface area contributed by atoms with Gasteiger partial charge in [0.1, 0.15) is 11.3 Å². The van der Waals surface area contributed by atoms with Crippen molar-refractivity contribution in [2.75, 3.05) is 7.11 Å². The lowest BCUT2D eigenvalue weighted by Crippen LogP contribution is -2.01. The van der Waals surface area contributed by atoms with Gasteiger partial charge in [-0.15, -0.1) is 0 Å². The number of ether oxygens (including phenoxy) is 1. The van der Waals surface area contributed by atoms with Crippen LogP contribution in [0.5, 0.6) is 5.75 Å². The van der Waals surface area contributed by atoms with Gasteiger partial charge < -0.3 is 14.3 Å². The topological polar surface area (TPSA) is 59.7 Å². The number of rotatable bonds is 2. The molecule has 0 bridgehead atoms. The zero-order chi connectivity index (χ0) is 11.7. The van der Waals surface area contributed by atoms with Crippen LogP contribution < -0.4 is 5.63 Å². The smallest absolute Gasteiger partial charge is 0.336 e. The molecule has 1 aromatic carbocycles. The quantitative estimate of drug-likeness (QED) is 0.861. The Balaban J connectivity index is 2.79. The average Bonchev–Trinajstić information content (AvgIpc) is 2.21. The van der Waals surface area contributed by atoms with E-state index in [1.54, 1.807) is 13.2 Å². The molecular weight excluding hydrogens is 276 g/mol. The summed E-state index contributed by atoms with van der Waals surface area (Å²) in [5.41, 5.74) is 0.621. The number of benzene rings is 1. The van der Waals surface area contributed by atoms with Crippen molar-refractivity contribution in [2.45, 2.75) is 6.61 Å². The van der Waals surface area contributed by atoms with E-state index in [-0.39, 0.29) is 5.75 Å². The summed E-state index contributed by atoms with van der Waals surface area (Å²) in [7, 11) is 1.55. The molecule has 0 radical (unpaired) electrons. The van der Waals surface area contributed by atoms with E-state index in [1.807, 2.05) is 0 Å². The van der Waals surface area contributed by atoms with E-state index in [0.717, 1.165) is 10.9 Å². The summed E-state index contributed by atoms with van der Waals surface area (Å²) in [4.78, 5) is 11.3. The Morgan fingerprint density at radius 2 is 2.19 bits per heavy atom. The first-order valence-corrected chi connectivity index (χ1v) is 5.35. The van der Waals surface area contributed by atoms with Crippen molar-refractivity contribution in [3.63, 3.8) is 0 Å². The van der Waals surface area contributed by atoms with Crippen LogP contribution >= 0.6 is 15.9 Å². The molecule has 0 saturated carbocycles. The number of phenolic OH excluding ortho intramolecular Hbond substituents is 1. The van der Waals surface area contributed by atoms with Crippen LogP contribution in [0.3, 0.4) is 0 Å². The molecule has 0 fully saturated rings. The summed E-state index contributed by atoms with van der Waals surface area (Å²) < 4.78 is 10.5. The van der Waals surface area contributed by atoms with Gasteiger partial charge in [-0.05, 0) is 27.6 Å². The molecule has 1 heterocycles. The van der Waals surface area contributed by atoms with Crippen LogP contribution in [0.15, 0.2) is 31.9 Å². The van der Waals surface area contributed by atoms with Crippen molar-refractivity contribution >= 4 is 26.9 Å². The van der Waals surface area contributed by atoms with Gasteiger partial charge in [-0.3, -0.25) is 0 Å². The zero-order valence-electron chi connectivity index (χ0n) is 8.49. The van der Waals surface area contributed by atoms with Crippen molar-refractivity contribution in [3.05, 3.63) is 38.7 Å². The van der Waals surface area contributed by atoms with Crippen molar-refractivity contribution in [3.8, 4) is 5.75 Å². The molecule has 0 amide bonds. The summed E-state index contributed by atoms with van der Waals surface area (Å²) >= 11 is 3.21. The van der Waals surface area contributed by atoms with Gasteiger partial charge in [0.15, 0.2) is 0 Å². The second-order valence-electron chi connectivity index (χ2n) is 3.32. The van der Waals surface area contributed by atoms with Crippen LogP contribution in [0.4, 0.5) is 0 Å². The van der Waals surface area contributed by atoms with Gasteiger partial charge >= 0.3 is 5.63 Å². The fourth-order valence-electron chi connectivity index (χ4n) is 1.51. The Labute approximate surface area is 99.6 Å². The minimum Gasteiger partial charge on any atom is -0.507 e. The minimum absolute atomic E-state index is 0.0326. The summed E-state index contributed by atoms with van der Waals surface area (Å²) in [6.45, 7) is 0.319. The lowest BCUT2D eigenvalue weighted by Gasteiger charge is -2.05. The zero-order valence-corrected chi connectivity index (χ0v) is 10.1. The van der Waals surface area contributed by atoms with Gasteiger partial charge in [-0.2, -0.15) is 0 Å². The van der Waals surface area contributed by atoms with Crippen LogP contribution in [0.1, 0.15) is 5.56 Å². The standard InChI is InChI=1S/C11H9BrO4/c1-15-5-6-2-11(14)16-10-4-9(13)8(12)3-7(6)10/h2-4,13H,5H2,1H3. The molecule has 1 aromatic heterocycles. The Bertz CT molecular complexity index is 588. The third kappa shape index (κ3) is 1.96. The molecule has 84 valence electrons. The van der Waals surface area contributed by atoms with Crippen molar-refractivity contribution in [1.29, 1.82) is 0 Å². The summed E-state index contributed by atoms with van der Waals surface area (Å²) in [5, 5.41) is 10.2. The molecule has 2 rings (SSSR count). The molecule has 5 heteroatoms. The molecule has 0 unspecified atom stereocenters. The van der Waals surface area contributed by atoms with E-state index >= 15 is 0 Å². The normalized spacial score (nSPS) is 10.9. The molecule has 0 saturated heterocycles. The van der Waals surface area contributed by atoms with E-state index in [1.165, 1.54) is 12.1 Å². The van der Waals surface area contributed by atoms with Gasteiger partial charge in [0.2, 0.25) is 0 Å². The summed E-state index contributed by atoms with van der Waals surface area (Å²) in [6, 6.07) is 4.48. The van der Waals surface area contributed by atoms with Crippen molar-refractivity contribution in [2.24, 2.45) is 0 Å². The van der Waals surface area contributed by atoms with E-state index in [4.69, 9.17) is 9.15 Å². The van der Waals surface area contributed by atoms with Gasteiger partial charge in [-0.25, -0.2) is 4.79 Å². The van der Waals surface area contributed by atoms with E-state index in [9.17, 15) is 9.90 Å². The number of halogens is 1. The average molecular weight is 285 g/mol. The van der Waals surface area contributed by atoms with Crippen LogP contribution in [-0.4, -0.2) is 12.2 Å². The highest BCUT2D eigenvalue weighted by Crippen LogP contribution is 2.30. The second-order valence-corrected chi connectivity index (χ2v) is 4.18. The summed E-state index contributed by atoms with van der Waals surface area (Å²) in [5.74, 6) is 0.0326. The fraction of sp³-hybridized carbons (Fsp3) is 0.182. The Morgan fingerprint density at radius 3 is 2.88 bits per heavy atom. The highest BCUT2D eigenvalue weighted by Gasteiger charge is 2.08. The van der Waals surface area contributed by atoms with Crippen LogP contribution in [-0.2, 0) is 11.3 Å². The first-order chi connectivity index (χ1) is 7.61. The van der Waals surface area contributed by atoms with Crippen LogP contribution in [0.25, 0.3) is 11.0 Å². The highest BCUT2D eigenvalue weighted by atomic mass is 79.9. The third-order valence-electron chi connectivity index (χ3n) is 2.20. The van der Waals surface area contributed by atoms with E-state index in [2.05, 4.69) is 15.9 Å². The molecule has 1 N–H and O–H groups in total. The van der Waals surface area contributed by atoms with Crippen LogP contribution in [0, 0.1) is 0 Å². The maximum Gasteiger partial charge on any atom is 0.336 e. The number of aromatic hydroxyl groups is 1. The molecule has 16 heavy (non-hydrogen) atoms. The van der Waals surface area contributed by atoms with Crippen LogP contribution in [0.2, 0.25) is 0 Å². The highest BCUT2D eigenvalue weighted by molar-refractivity contribution is 9.10. The molecule has 0 aliphatic rings. The molecule has 4 nitrogen and oxygen atoms in total. The van der Waals surface area contributed by atoms with Gasteiger partial charge in [0.05, 0.1) is 11.1 Å². The minimum atomic E-state index is -0.457. The number of methoxy groups -OCH3 is 1. The van der Waals surface area contributed by atoms with E-state index < -0.39 is 5.63 Å². The number of hydrogen-bond acceptors (Lipinski definition) is 4. The first-order valence-electron chi connectivity index (χ1n) is 4.56. The molecule has 0 aliphatic carbocycles. The Morgan fingerprint density at radius 1 is 1.44 bits per heavy atom. The van der Waals surface area contributed by atoms with Gasteiger partial charge in [0, 0.05) is 24.6 Å². The van der Waals surface area contributed by atoms with Gasteiger partial charge in [-0.1, -0.05) is 0 Å². The van der Waals surface area contributed by atoms with Gasteiger partial charge in [0.25, 0.3) is 0 Å². The third-order valence-corrected chi connectivity index (χ3v) is 2.83. The Kier molecular flexibility index (Phi) is 2.98. The molecule has 0 spiro atoms. The monoisotopic (exact) mass is 284 g/mol. The second kappa shape index (κ2) is 4.27. The van der Waals surface area contributed by atoms with Crippen molar-refractivity contribution in [1.82, 2.24) is 0 Å². The number of fused-ring (bicyclic) bond motifs is 1. The number of phenols is 1. The fourth-order valence-corrected chi connectivity index (χ4v) is 1.85.